The first-order chi connectivity index (χ1) is 13.3. The molecule has 28 heavy (non-hydrogen) atoms. The maximum Gasteiger partial charge on any atom is 0.263 e. The molecule has 1 amide bonds. The lowest BCUT2D eigenvalue weighted by molar-refractivity contribution is -0.127. The smallest absolute Gasteiger partial charge is 0.263 e. The van der Waals surface area contributed by atoms with Crippen LogP contribution in [0.3, 0.4) is 0 Å². The predicted octanol–water partition coefficient (Wildman–Crippen LogP) is 2.37. The average Bonchev–Trinajstić information content (AvgIpc) is 2.64. The number of ether oxygens (including phenoxy) is 2. The molecular formula is C19H21ClN2O5S. The summed E-state index contributed by atoms with van der Waals surface area (Å²) in [6.45, 7) is 2.36. The highest BCUT2D eigenvalue weighted by Gasteiger charge is 2.35. The van der Waals surface area contributed by atoms with Crippen LogP contribution in [0.5, 0.6) is 11.5 Å². The van der Waals surface area contributed by atoms with E-state index in [0.29, 0.717) is 10.7 Å². The van der Waals surface area contributed by atoms with Gasteiger partial charge in [-0.1, -0.05) is 29.8 Å². The second kappa shape index (κ2) is 8.28. The van der Waals surface area contributed by atoms with Gasteiger partial charge in [-0.05, 0) is 36.8 Å². The summed E-state index contributed by atoms with van der Waals surface area (Å²) < 4.78 is 36.8. The first-order valence-corrected chi connectivity index (χ1v) is 10.9. The summed E-state index contributed by atoms with van der Waals surface area (Å²) >= 11 is 5.97. The van der Waals surface area contributed by atoms with Gasteiger partial charge < -0.3 is 14.8 Å². The highest BCUT2D eigenvalue weighted by atomic mass is 35.5. The number of nitrogens with zero attached hydrogens (tertiary/aromatic N) is 1. The molecule has 0 spiro atoms. The molecule has 1 heterocycles. The van der Waals surface area contributed by atoms with Crippen molar-refractivity contribution in [1.82, 2.24) is 5.32 Å². The summed E-state index contributed by atoms with van der Waals surface area (Å²) in [7, 11) is -3.60. The predicted molar refractivity (Wildman–Crippen MR) is 108 cm³/mol. The number of benzene rings is 2. The zero-order chi connectivity index (χ0) is 20.3. The summed E-state index contributed by atoms with van der Waals surface area (Å²) in [6, 6.07) is 12.2. The van der Waals surface area contributed by atoms with E-state index in [1.807, 2.05) is 31.2 Å². The fraction of sp³-hybridized carbons (Fsp3) is 0.316. The number of rotatable bonds is 6. The third-order valence-corrected chi connectivity index (χ3v) is 5.62. The minimum Gasteiger partial charge on any atom is -0.491 e. The van der Waals surface area contributed by atoms with Gasteiger partial charge >= 0.3 is 0 Å². The fourth-order valence-corrected chi connectivity index (χ4v) is 3.91. The maximum atomic E-state index is 12.5. The van der Waals surface area contributed by atoms with Gasteiger partial charge in [0.2, 0.25) is 10.0 Å². The Morgan fingerprint density at radius 1 is 1.32 bits per heavy atom. The van der Waals surface area contributed by atoms with Crippen molar-refractivity contribution in [2.24, 2.45) is 0 Å². The number of nitrogens with one attached hydrogen (secondary N) is 1. The van der Waals surface area contributed by atoms with Crippen molar-refractivity contribution in [3.8, 4) is 11.5 Å². The Bertz CT molecular complexity index is 980. The molecule has 1 atom stereocenters. The van der Waals surface area contributed by atoms with Crippen molar-refractivity contribution in [2.75, 3.05) is 30.3 Å². The topological polar surface area (TPSA) is 84.9 Å². The van der Waals surface area contributed by atoms with E-state index < -0.39 is 22.0 Å². The van der Waals surface area contributed by atoms with E-state index in [1.54, 1.807) is 12.1 Å². The molecule has 1 unspecified atom stereocenters. The van der Waals surface area contributed by atoms with Crippen LogP contribution in [0.1, 0.15) is 5.56 Å². The van der Waals surface area contributed by atoms with Crippen LogP contribution in [0.15, 0.2) is 42.5 Å². The molecule has 0 fully saturated rings. The molecule has 1 N–H and O–H groups in total. The van der Waals surface area contributed by atoms with Crippen LogP contribution in [0.25, 0.3) is 0 Å². The number of amides is 1. The number of hydrogen-bond acceptors (Lipinski definition) is 5. The molecule has 0 radical (unpaired) electrons. The lowest BCUT2D eigenvalue weighted by atomic mass is 10.2. The zero-order valence-electron chi connectivity index (χ0n) is 15.5. The number of halogens is 1. The SMILES string of the molecule is Cc1ccccc1OCCNC(=O)C1CN(S(C)(=O)=O)c2cc(Cl)ccc2O1. The molecule has 0 saturated heterocycles. The normalized spacial score (nSPS) is 16.1. The lowest BCUT2D eigenvalue weighted by Crippen LogP contribution is -2.51. The molecule has 2 aromatic rings. The number of aryl methyl sites for hydroxylation is 1. The molecular weight excluding hydrogens is 404 g/mol. The fourth-order valence-electron chi connectivity index (χ4n) is 2.84. The van der Waals surface area contributed by atoms with Crippen molar-refractivity contribution < 1.29 is 22.7 Å². The molecule has 1 aliphatic rings. The maximum absolute atomic E-state index is 12.5. The van der Waals surface area contributed by atoms with Crippen LogP contribution in [0, 0.1) is 6.92 Å². The molecule has 0 aliphatic carbocycles. The standard InChI is InChI=1S/C19H21ClN2O5S/c1-13-5-3-4-6-16(13)26-10-9-21-19(23)18-12-22(28(2,24)25)15-11-14(20)7-8-17(15)27-18/h3-8,11,18H,9-10,12H2,1-2H3,(H,21,23). The van der Waals surface area contributed by atoms with Gasteiger partial charge in [-0.3, -0.25) is 9.10 Å². The van der Waals surface area contributed by atoms with E-state index in [2.05, 4.69) is 5.32 Å². The first kappa shape index (κ1) is 20.3. The number of fused-ring (bicyclic) bond motifs is 1. The molecule has 0 saturated carbocycles. The lowest BCUT2D eigenvalue weighted by Gasteiger charge is -2.34. The second-order valence-corrected chi connectivity index (χ2v) is 8.76. The molecule has 0 bridgehead atoms. The van der Waals surface area contributed by atoms with Crippen molar-refractivity contribution >= 4 is 33.2 Å². The minimum absolute atomic E-state index is 0.128. The van der Waals surface area contributed by atoms with Gasteiger partial charge in [-0.25, -0.2) is 8.42 Å². The van der Waals surface area contributed by atoms with Gasteiger partial charge in [0.05, 0.1) is 25.0 Å². The second-order valence-electron chi connectivity index (χ2n) is 6.42. The van der Waals surface area contributed by atoms with Crippen LogP contribution >= 0.6 is 11.6 Å². The molecule has 0 aromatic heterocycles. The van der Waals surface area contributed by atoms with Crippen LogP contribution in [-0.4, -0.2) is 46.4 Å². The summed E-state index contributed by atoms with van der Waals surface area (Å²) in [4.78, 5) is 12.5. The van der Waals surface area contributed by atoms with Gasteiger partial charge in [-0.15, -0.1) is 0 Å². The molecule has 3 rings (SSSR count). The third-order valence-electron chi connectivity index (χ3n) is 4.24. The highest BCUT2D eigenvalue weighted by Crippen LogP contribution is 2.37. The minimum atomic E-state index is -3.60. The number of hydrogen-bond donors (Lipinski definition) is 1. The van der Waals surface area contributed by atoms with E-state index in [1.165, 1.54) is 6.07 Å². The highest BCUT2D eigenvalue weighted by molar-refractivity contribution is 7.92. The summed E-state index contributed by atoms with van der Waals surface area (Å²) in [5.74, 6) is 0.625. The number of para-hydroxylation sites is 1. The Hall–Kier alpha value is -2.45. The van der Waals surface area contributed by atoms with Gasteiger partial charge in [-0.2, -0.15) is 0 Å². The molecule has 150 valence electrons. The largest absolute Gasteiger partial charge is 0.491 e. The van der Waals surface area contributed by atoms with E-state index in [-0.39, 0.29) is 25.4 Å². The number of anilines is 1. The van der Waals surface area contributed by atoms with Gasteiger partial charge in [0.25, 0.3) is 5.91 Å². The Labute approximate surface area is 169 Å². The van der Waals surface area contributed by atoms with E-state index in [0.717, 1.165) is 21.9 Å². The van der Waals surface area contributed by atoms with Crippen LogP contribution < -0.4 is 19.1 Å². The van der Waals surface area contributed by atoms with Crippen molar-refractivity contribution in [3.63, 3.8) is 0 Å². The Kier molecular flexibility index (Phi) is 6.00. The Morgan fingerprint density at radius 2 is 2.07 bits per heavy atom. The Balaban J connectivity index is 1.63. The van der Waals surface area contributed by atoms with Crippen LogP contribution in [0.4, 0.5) is 5.69 Å². The quantitative estimate of drug-likeness (QED) is 0.719. The van der Waals surface area contributed by atoms with E-state index >= 15 is 0 Å². The van der Waals surface area contributed by atoms with Gasteiger partial charge in [0.1, 0.15) is 18.1 Å². The van der Waals surface area contributed by atoms with Gasteiger partial charge in [0, 0.05) is 5.02 Å². The number of sulfonamides is 1. The summed E-state index contributed by atoms with van der Waals surface area (Å²) in [5.41, 5.74) is 1.32. The average molecular weight is 425 g/mol. The van der Waals surface area contributed by atoms with E-state index in [9.17, 15) is 13.2 Å². The summed E-state index contributed by atoms with van der Waals surface area (Å²) in [5, 5.41) is 3.10. The molecule has 1 aliphatic heterocycles. The molecule has 2 aromatic carbocycles. The number of carbonyl (C=O) groups excluding carboxylic acids is 1. The van der Waals surface area contributed by atoms with Gasteiger partial charge in [0.15, 0.2) is 6.10 Å². The zero-order valence-corrected chi connectivity index (χ0v) is 17.1. The van der Waals surface area contributed by atoms with Crippen LogP contribution in [0.2, 0.25) is 5.02 Å². The summed E-state index contributed by atoms with van der Waals surface area (Å²) in [6.07, 6.45) is 0.107. The third kappa shape index (κ3) is 4.69. The molecule has 9 heteroatoms. The van der Waals surface area contributed by atoms with Crippen LogP contribution in [-0.2, 0) is 14.8 Å². The number of carbonyl (C=O) groups is 1. The van der Waals surface area contributed by atoms with Crippen molar-refractivity contribution in [3.05, 3.63) is 53.1 Å². The Morgan fingerprint density at radius 3 is 2.79 bits per heavy atom. The monoisotopic (exact) mass is 424 g/mol. The first-order valence-electron chi connectivity index (χ1n) is 8.66. The van der Waals surface area contributed by atoms with Crippen molar-refractivity contribution in [2.45, 2.75) is 13.0 Å². The van der Waals surface area contributed by atoms with E-state index in [4.69, 9.17) is 21.1 Å². The van der Waals surface area contributed by atoms with Crippen molar-refractivity contribution in [1.29, 1.82) is 0 Å². The molecule has 7 nitrogen and oxygen atoms in total.